The van der Waals surface area contributed by atoms with Crippen molar-refractivity contribution in [2.75, 3.05) is 52.4 Å². The van der Waals surface area contributed by atoms with Gasteiger partial charge in [-0.2, -0.15) is 0 Å². The van der Waals surface area contributed by atoms with E-state index in [2.05, 4.69) is 18.7 Å². The van der Waals surface area contributed by atoms with E-state index in [0.717, 1.165) is 0 Å². The van der Waals surface area contributed by atoms with Crippen LogP contribution in [0.25, 0.3) is 0 Å². The molecule has 4 fully saturated rings. The van der Waals surface area contributed by atoms with Crippen LogP contribution in [0.15, 0.2) is 0 Å². The lowest BCUT2D eigenvalue weighted by Gasteiger charge is -2.47. The molecule has 0 aliphatic carbocycles. The Morgan fingerprint density at radius 1 is 0.364 bits per heavy atom. The van der Waals surface area contributed by atoms with Crippen LogP contribution in [0.2, 0.25) is 0 Å². The molecule has 4 aliphatic rings. The monoisotopic (exact) mass is 346 g/mol. The molecule has 6 heteroatoms. The molecule has 0 radical (unpaired) electrons. The Labute approximate surface area is 143 Å². The van der Waals surface area contributed by atoms with Crippen LogP contribution in [-0.4, -0.2) is 71.0 Å². The van der Waals surface area contributed by atoms with Crippen molar-refractivity contribution < 1.29 is 12.4 Å². The molecule has 128 valence electrons. The predicted octanol–water partition coefficient (Wildman–Crippen LogP) is 0.0512. The van der Waals surface area contributed by atoms with Gasteiger partial charge in [-0.1, -0.05) is 0 Å². The molecule has 4 saturated heterocycles. The van der Waals surface area contributed by atoms with E-state index < -0.39 is 7.87 Å². The largest absolute Gasteiger partial charge is 1.00 e. The average Bonchev–Trinajstić information content (AvgIpc) is 3.32. The van der Waals surface area contributed by atoms with Gasteiger partial charge in [0.25, 0.3) is 0 Å². The highest BCUT2D eigenvalue weighted by Crippen LogP contribution is 2.72. The van der Waals surface area contributed by atoms with Crippen molar-refractivity contribution in [3.8, 4) is 0 Å². The van der Waals surface area contributed by atoms with Crippen LogP contribution in [0.1, 0.15) is 51.4 Å². The van der Waals surface area contributed by atoms with Gasteiger partial charge in [0.2, 0.25) is 0 Å². The van der Waals surface area contributed by atoms with Gasteiger partial charge >= 0.3 is 7.87 Å². The van der Waals surface area contributed by atoms with Gasteiger partial charge in [0.05, 0.1) is 0 Å². The van der Waals surface area contributed by atoms with Crippen LogP contribution < -0.4 is 12.4 Å². The molecule has 0 saturated carbocycles. The first-order valence-corrected chi connectivity index (χ1v) is 10.9. The van der Waals surface area contributed by atoms with Crippen molar-refractivity contribution in [2.45, 2.75) is 51.4 Å². The minimum Gasteiger partial charge on any atom is -1.00 e. The molecular formula is C16H32ClN4P. The summed E-state index contributed by atoms with van der Waals surface area (Å²) in [4.78, 5) is 0. The van der Waals surface area contributed by atoms with Crippen molar-refractivity contribution in [1.29, 1.82) is 0 Å². The SMILES string of the molecule is C1CCN([P+](N2CCCC2)(N2CCCC2)N2CCCC2)C1.[Cl-]. The van der Waals surface area contributed by atoms with E-state index in [1.54, 1.807) is 0 Å². The highest BCUT2D eigenvalue weighted by molar-refractivity contribution is 7.66. The number of halogens is 1. The molecule has 0 atom stereocenters. The Morgan fingerprint density at radius 3 is 0.727 bits per heavy atom. The molecule has 0 aromatic rings. The molecule has 4 rings (SSSR count). The lowest BCUT2D eigenvalue weighted by atomic mass is 10.4. The van der Waals surface area contributed by atoms with Gasteiger partial charge in [0.15, 0.2) is 0 Å². The summed E-state index contributed by atoms with van der Waals surface area (Å²) < 4.78 is 11.9. The van der Waals surface area contributed by atoms with Gasteiger partial charge in [-0.15, -0.1) is 18.7 Å². The average molecular weight is 347 g/mol. The lowest BCUT2D eigenvalue weighted by Crippen LogP contribution is -3.00. The molecule has 0 aromatic carbocycles. The van der Waals surface area contributed by atoms with Crippen molar-refractivity contribution in [2.24, 2.45) is 0 Å². The summed E-state index contributed by atoms with van der Waals surface area (Å²) in [7, 11) is -1.35. The first-order chi connectivity index (χ1) is 10.4. The second-order valence-corrected chi connectivity index (χ2v) is 10.5. The third-order valence-corrected chi connectivity index (χ3v) is 10.5. The van der Waals surface area contributed by atoms with Gasteiger partial charge in [-0.25, -0.2) is 0 Å². The molecule has 0 aromatic heterocycles. The Kier molecular flexibility index (Phi) is 6.03. The first kappa shape index (κ1) is 17.4. The van der Waals surface area contributed by atoms with Crippen molar-refractivity contribution in [1.82, 2.24) is 18.7 Å². The second kappa shape index (κ2) is 7.63. The fourth-order valence-corrected chi connectivity index (χ4v) is 10.4. The van der Waals surface area contributed by atoms with Crippen LogP contribution in [0.5, 0.6) is 0 Å². The zero-order valence-electron chi connectivity index (χ0n) is 13.9. The standard InChI is InChI=1S/C16H32N4P.ClH/c1-2-10-17(9-1)21(18-11-3-4-12-18,19-13-5-6-14-19)20-15-7-8-16-20;/h1-16H2;1H/q+1;/p-1. The summed E-state index contributed by atoms with van der Waals surface area (Å²) >= 11 is 0. The summed E-state index contributed by atoms with van der Waals surface area (Å²) in [5.41, 5.74) is 0. The number of hydrogen-bond donors (Lipinski definition) is 0. The van der Waals surface area contributed by atoms with Gasteiger partial charge in [0.1, 0.15) is 0 Å². The molecular weight excluding hydrogens is 315 g/mol. The lowest BCUT2D eigenvalue weighted by molar-refractivity contribution is -0.00000474. The Bertz CT molecular complexity index is 277. The third-order valence-electron chi connectivity index (χ3n) is 5.85. The van der Waals surface area contributed by atoms with Crippen LogP contribution in [0.4, 0.5) is 0 Å². The predicted molar refractivity (Wildman–Crippen MR) is 90.1 cm³/mol. The molecule has 22 heavy (non-hydrogen) atoms. The van der Waals surface area contributed by atoms with Crippen LogP contribution in [-0.2, 0) is 0 Å². The summed E-state index contributed by atoms with van der Waals surface area (Å²) in [5, 5.41) is 0. The van der Waals surface area contributed by atoms with Gasteiger partial charge in [-0.05, 0) is 51.4 Å². The molecule has 4 aliphatic heterocycles. The smallest absolute Gasteiger partial charge is 0.308 e. The Hall–Kier alpha value is 0.560. The van der Waals surface area contributed by atoms with Crippen LogP contribution in [0, 0.1) is 0 Å². The highest BCUT2D eigenvalue weighted by atomic mass is 35.5. The fourth-order valence-electron chi connectivity index (χ4n) is 4.95. The highest BCUT2D eigenvalue weighted by Gasteiger charge is 2.63. The summed E-state index contributed by atoms with van der Waals surface area (Å²) in [5.74, 6) is 0. The summed E-state index contributed by atoms with van der Waals surface area (Å²) in [6.07, 6.45) is 11.4. The first-order valence-electron chi connectivity index (χ1n) is 9.33. The van der Waals surface area contributed by atoms with Crippen LogP contribution >= 0.6 is 7.87 Å². The topological polar surface area (TPSA) is 13.0 Å². The molecule has 0 unspecified atom stereocenters. The summed E-state index contributed by atoms with van der Waals surface area (Å²) in [6.45, 7) is 10.9. The van der Waals surface area contributed by atoms with E-state index >= 15 is 0 Å². The van der Waals surface area contributed by atoms with Crippen molar-refractivity contribution in [3.05, 3.63) is 0 Å². The fraction of sp³-hybridized carbons (Fsp3) is 1.00. The van der Waals surface area contributed by atoms with Crippen LogP contribution in [0.3, 0.4) is 0 Å². The minimum absolute atomic E-state index is 0. The molecule has 0 N–H and O–H groups in total. The molecule has 0 bridgehead atoms. The maximum Gasteiger partial charge on any atom is 0.308 e. The summed E-state index contributed by atoms with van der Waals surface area (Å²) in [6, 6.07) is 0. The minimum atomic E-state index is -1.35. The van der Waals surface area contributed by atoms with E-state index in [1.165, 1.54) is 104 Å². The molecule has 4 nitrogen and oxygen atoms in total. The third kappa shape index (κ3) is 2.85. The quantitative estimate of drug-likeness (QED) is 0.667. The van der Waals surface area contributed by atoms with E-state index in [9.17, 15) is 0 Å². The maximum absolute atomic E-state index is 2.97. The number of nitrogens with zero attached hydrogens (tertiary/aromatic N) is 4. The normalized spacial score (nSPS) is 29.5. The second-order valence-electron chi connectivity index (χ2n) is 7.18. The zero-order valence-corrected chi connectivity index (χ0v) is 15.6. The maximum atomic E-state index is 2.97. The Morgan fingerprint density at radius 2 is 0.545 bits per heavy atom. The van der Waals surface area contributed by atoms with Gasteiger partial charge in [-0.3, -0.25) is 0 Å². The number of rotatable bonds is 4. The van der Waals surface area contributed by atoms with Crippen molar-refractivity contribution >= 4 is 7.87 Å². The molecule has 0 amide bonds. The van der Waals surface area contributed by atoms with Crippen molar-refractivity contribution in [3.63, 3.8) is 0 Å². The van der Waals surface area contributed by atoms with E-state index in [0.29, 0.717) is 0 Å². The van der Waals surface area contributed by atoms with E-state index in [1.807, 2.05) is 0 Å². The number of hydrogen-bond acceptors (Lipinski definition) is 4. The van der Waals surface area contributed by atoms with E-state index in [4.69, 9.17) is 0 Å². The van der Waals surface area contributed by atoms with Gasteiger partial charge in [0, 0.05) is 52.4 Å². The van der Waals surface area contributed by atoms with Gasteiger partial charge < -0.3 is 12.4 Å². The zero-order chi connectivity index (χ0) is 14.1. The Balaban J connectivity index is 0.00000144. The molecule has 4 heterocycles. The van der Waals surface area contributed by atoms with E-state index in [-0.39, 0.29) is 12.4 Å². The molecule has 0 spiro atoms.